The van der Waals surface area contributed by atoms with Gasteiger partial charge in [0, 0.05) is 39.3 Å². The molecule has 0 aliphatic rings. The molecule has 0 fully saturated rings. The second-order valence-corrected chi connectivity index (χ2v) is 6.24. The van der Waals surface area contributed by atoms with Crippen LogP contribution in [0.5, 0.6) is 0 Å². The monoisotopic (exact) mass is 290 g/mol. The lowest BCUT2D eigenvalue weighted by Crippen LogP contribution is -2.54. The Morgan fingerprint density at radius 3 is 1.50 bits per heavy atom. The minimum atomic E-state index is -0.131. The van der Waals surface area contributed by atoms with Crippen molar-refractivity contribution in [1.29, 1.82) is 0 Å². The van der Waals surface area contributed by atoms with Crippen molar-refractivity contribution in [3.05, 3.63) is 0 Å². The summed E-state index contributed by atoms with van der Waals surface area (Å²) < 4.78 is 22.5. The van der Waals surface area contributed by atoms with E-state index in [1.165, 1.54) is 0 Å². The molecule has 122 valence electrons. The van der Waals surface area contributed by atoms with E-state index in [1.807, 2.05) is 0 Å². The molecule has 0 N–H and O–H groups in total. The van der Waals surface area contributed by atoms with Crippen molar-refractivity contribution in [2.45, 2.75) is 52.7 Å². The molecule has 0 rings (SSSR count). The van der Waals surface area contributed by atoms with Crippen LogP contribution in [0.25, 0.3) is 0 Å². The highest BCUT2D eigenvalue weighted by atomic mass is 16.5. The molecule has 0 saturated heterocycles. The highest BCUT2D eigenvalue weighted by Gasteiger charge is 2.47. The van der Waals surface area contributed by atoms with E-state index in [1.54, 1.807) is 28.4 Å². The van der Waals surface area contributed by atoms with E-state index in [4.69, 9.17) is 18.9 Å². The molecule has 0 bridgehead atoms. The third-order valence-electron chi connectivity index (χ3n) is 4.51. The van der Waals surface area contributed by atoms with Gasteiger partial charge in [-0.15, -0.1) is 0 Å². The van der Waals surface area contributed by atoms with Gasteiger partial charge in [0.05, 0.1) is 25.4 Å². The van der Waals surface area contributed by atoms with Gasteiger partial charge in [0.25, 0.3) is 0 Å². The maximum absolute atomic E-state index is 5.88. The Morgan fingerprint density at radius 1 is 0.750 bits per heavy atom. The SMILES string of the molecule is CCC(CC)(COC)C(OC)C(OC)C(C)(C)COC. The third kappa shape index (κ3) is 4.42. The molecule has 20 heavy (non-hydrogen) atoms. The van der Waals surface area contributed by atoms with Crippen LogP contribution in [0.3, 0.4) is 0 Å². The second-order valence-electron chi connectivity index (χ2n) is 6.24. The minimum absolute atomic E-state index is 0.0346. The van der Waals surface area contributed by atoms with Gasteiger partial charge in [0.1, 0.15) is 0 Å². The molecule has 0 aliphatic heterocycles. The van der Waals surface area contributed by atoms with Crippen molar-refractivity contribution < 1.29 is 18.9 Å². The summed E-state index contributed by atoms with van der Waals surface area (Å²) in [6, 6.07) is 0. The largest absolute Gasteiger partial charge is 0.384 e. The molecule has 2 atom stereocenters. The highest BCUT2D eigenvalue weighted by molar-refractivity contribution is 4.96. The Kier molecular flexibility index (Phi) is 8.91. The topological polar surface area (TPSA) is 36.9 Å². The normalized spacial score (nSPS) is 16.2. The summed E-state index contributed by atoms with van der Waals surface area (Å²) in [6.07, 6.45) is 1.88. The number of methoxy groups -OCH3 is 4. The summed E-state index contributed by atoms with van der Waals surface area (Å²) in [5.41, 5.74) is -0.178. The van der Waals surface area contributed by atoms with Gasteiger partial charge in [0.15, 0.2) is 0 Å². The molecule has 0 spiro atoms. The molecule has 0 aliphatic carbocycles. The van der Waals surface area contributed by atoms with E-state index in [2.05, 4.69) is 27.7 Å². The van der Waals surface area contributed by atoms with Crippen LogP contribution in [0, 0.1) is 10.8 Å². The molecular formula is C16H34O4. The first-order valence-electron chi connectivity index (χ1n) is 7.42. The van der Waals surface area contributed by atoms with Crippen LogP contribution < -0.4 is 0 Å². The Hall–Kier alpha value is -0.160. The Bertz CT molecular complexity index is 249. The van der Waals surface area contributed by atoms with Gasteiger partial charge in [-0.3, -0.25) is 0 Å². The van der Waals surface area contributed by atoms with Crippen LogP contribution in [-0.2, 0) is 18.9 Å². The molecule has 0 aromatic rings. The standard InChI is InChI=1S/C16H34O4/c1-9-16(10-2,12-18-6)14(20-8)13(19-7)15(3,4)11-17-5/h13-14H,9-12H2,1-8H3. The average molecular weight is 290 g/mol. The molecule has 0 aromatic carbocycles. The van der Waals surface area contributed by atoms with E-state index in [0.29, 0.717) is 13.2 Å². The number of hydrogen-bond acceptors (Lipinski definition) is 4. The van der Waals surface area contributed by atoms with E-state index >= 15 is 0 Å². The van der Waals surface area contributed by atoms with Crippen molar-refractivity contribution in [3.8, 4) is 0 Å². The first kappa shape index (κ1) is 19.8. The van der Waals surface area contributed by atoms with Gasteiger partial charge in [-0.1, -0.05) is 27.7 Å². The molecule has 4 nitrogen and oxygen atoms in total. The number of ether oxygens (including phenoxy) is 4. The second kappa shape index (κ2) is 8.98. The zero-order chi connectivity index (χ0) is 15.8. The van der Waals surface area contributed by atoms with Gasteiger partial charge in [0.2, 0.25) is 0 Å². The lowest BCUT2D eigenvalue weighted by Gasteiger charge is -2.46. The molecule has 4 heteroatoms. The zero-order valence-corrected chi connectivity index (χ0v) is 14.6. The van der Waals surface area contributed by atoms with E-state index in [0.717, 1.165) is 12.8 Å². The first-order chi connectivity index (χ1) is 9.38. The van der Waals surface area contributed by atoms with Crippen molar-refractivity contribution in [2.24, 2.45) is 10.8 Å². The Morgan fingerprint density at radius 2 is 1.20 bits per heavy atom. The fourth-order valence-electron chi connectivity index (χ4n) is 3.23. The minimum Gasteiger partial charge on any atom is -0.384 e. The van der Waals surface area contributed by atoms with E-state index in [9.17, 15) is 0 Å². The summed E-state index contributed by atoms with van der Waals surface area (Å²) in [5.74, 6) is 0. The Labute approximate surface area is 125 Å². The molecular weight excluding hydrogens is 256 g/mol. The quantitative estimate of drug-likeness (QED) is 0.586. The highest BCUT2D eigenvalue weighted by Crippen LogP contribution is 2.40. The van der Waals surface area contributed by atoms with E-state index < -0.39 is 0 Å². The van der Waals surface area contributed by atoms with Gasteiger partial charge in [-0.2, -0.15) is 0 Å². The zero-order valence-electron chi connectivity index (χ0n) is 14.6. The maximum atomic E-state index is 5.88. The van der Waals surface area contributed by atoms with Crippen LogP contribution in [0.4, 0.5) is 0 Å². The van der Waals surface area contributed by atoms with Crippen molar-refractivity contribution >= 4 is 0 Å². The predicted molar refractivity (Wildman–Crippen MR) is 82.1 cm³/mol. The summed E-state index contributed by atoms with van der Waals surface area (Å²) in [6.45, 7) is 9.97. The first-order valence-corrected chi connectivity index (χ1v) is 7.42. The van der Waals surface area contributed by atoms with Crippen molar-refractivity contribution in [2.75, 3.05) is 41.7 Å². The van der Waals surface area contributed by atoms with Crippen molar-refractivity contribution in [1.82, 2.24) is 0 Å². The number of rotatable bonds is 11. The fourth-order valence-corrected chi connectivity index (χ4v) is 3.23. The van der Waals surface area contributed by atoms with Gasteiger partial charge in [-0.05, 0) is 12.8 Å². The molecule has 0 saturated carbocycles. The van der Waals surface area contributed by atoms with Gasteiger partial charge < -0.3 is 18.9 Å². The summed E-state index contributed by atoms with van der Waals surface area (Å²) in [5, 5.41) is 0. The fraction of sp³-hybridized carbons (Fsp3) is 1.00. The molecule has 0 amide bonds. The predicted octanol–water partition coefficient (Wildman–Crippen LogP) is 3.14. The van der Waals surface area contributed by atoms with Crippen LogP contribution >= 0.6 is 0 Å². The number of hydrogen-bond donors (Lipinski definition) is 0. The molecule has 0 heterocycles. The third-order valence-corrected chi connectivity index (χ3v) is 4.51. The maximum Gasteiger partial charge on any atom is 0.0916 e. The lowest BCUT2D eigenvalue weighted by molar-refractivity contribution is -0.169. The van der Waals surface area contributed by atoms with Crippen LogP contribution in [-0.4, -0.2) is 53.9 Å². The summed E-state index contributed by atoms with van der Waals surface area (Å²) >= 11 is 0. The van der Waals surface area contributed by atoms with Crippen LogP contribution in [0.1, 0.15) is 40.5 Å². The van der Waals surface area contributed by atoms with Gasteiger partial charge in [-0.25, -0.2) is 0 Å². The average Bonchev–Trinajstić information content (AvgIpc) is 2.42. The molecule has 2 unspecified atom stereocenters. The van der Waals surface area contributed by atoms with Crippen molar-refractivity contribution in [3.63, 3.8) is 0 Å². The summed E-state index contributed by atoms with van der Waals surface area (Å²) in [4.78, 5) is 0. The van der Waals surface area contributed by atoms with Crippen LogP contribution in [0.2, 0.25) is 0 Å². The summed E-state index contributed by atoms with van der Waals surface area (Å²) in [7, 11) is 6.97. The smallest absolute Gasteiger partial charge is 0.0916 e. The Balaban J connectivity index is 5.46. The van der Waals surface area contributed by atoms with Crippen LogP contribution in [0.15, 0.2) is 0 Å². The lowest BCUT2D eigenvalue weighted by atomic mass is 9.70. The molecule has 0 aromatic heterocycles. The van der Waals surface area contributed by atoms with Gasteiger partial charge >= 0.3 is 0 Å². The molecule has 0 radical (unpaired) electrons. The van der Waals surface area contributed by atoms with E-state index in [-0.39, 0.29) is 23.0 Å².